The lowest BCUT2D eigenvalue weighted by Gasteiger charge is -2.18. The molecule has 0 radical (unpaired) electrons. The van der Waals surface area contributed by atoms with Crippen LogP contribution in [0, 0.1) is 5.82 Å². The maximum atomic E-state index is 13.2. The van der Waals surface area contributed by atoms with Crippen LogP contribution in [0.4, 0.5) is 4.39 Å². The van der Waals surface area contributed by atoms with E-state index in [-0.39, 0.29) is 11.9 Å². The number of ether oxygens (including phenoxy) is 1. The molecule has 0 spiro atoms. The molecule has 0 saturated carbocycles. The minimum absolute atomic E-state index is 0.0481. The van der Waals surface area contributed by atoms with Crippen LogP contribution in [0.2, 0.25) is 0 Å². The standard InChI is InChI=1S/C16H19FN2O/c1-2-19-16(13-10-14(17)12-18-11-13)8-9-20-15-6-4-3-5-7-15/h3-7,10-12,16,19H,2,8-9H2,1H3. The first-order valence-corrected chi connectivity index (χ1v) is 6.81. The third-order valence-corrected chi connectivity index (χ3v) is 3.00. The summed E-state index contributed by atoms with van der Waals surface area (Å²) in [5, 5.41) is 3.33. The van der Waals surface area contributed by atoms with Gasteiger partial charge in [-0.25, -0.2) is 4.39 Å². The molecular weight excluding hydrogens is 255 g/mol. The zero-order valence-electron chi connectivity index (χ0n) is 11.6. The van der Waals surface area contributed by atoms with Crippen LogP contribution in [0.3, 0.4) is 0 Å². The van der Waals surface area contributed by atoms with Crippen molar-refractivity contribution < 1.29 is 9.13 Å². The second-order valence-corrected chi connectivity index (χ2v) is 4.50. The molecule has 2 aromatic rings. The number of para-hydroxylation sites is 1. The van der Waals surface area contributed by atoms with Crippen molar-refractivity contribution in [2.75, 3.05) is 13.2 Å². The van der Waals surface area contributed by atoms with Crippen molar-refractivity contribution in [1.29, 1.82) is 0 Å². The van der Waals surface area contributed by atoms with Gasteiger partial charge in [0.15, 0.2) is 0 Å². The molecule has 0 bridgehead atoms. The van der Waals surface area contributed by atoms with E-state index >= 15 is 0 Å². The first-order chi connectivity index (χ1) is 9.79. The van der Waals surface area contributed by atoms with Gasteiger partial charge < -0.3 is 10.1 Å². The summed E-state index contributed by atoms with van der Waals surface area (Å²) >= 11 is 0. The van der Waals surface area contributed by atoms with Crippen LogP contribution in [0.1, 0.15) is 24.9 Å². The van der Waals surface area contributed by atoms with E-state index in [1.807, 2.05) is 37.3 Å². The first kappa shape index (κ1) is 14.5. The molecular formula is C16H19FN2O. The highest BCUT2D eigenvalue weighted by molar-refractivity contribution is 5.21. The van der Waals surface area contributed by atoms with E-state index in [1.165, 1.54) is 12.3 Å². The molecule has 1 heterocycles. The summed E-state index contributed by atoms with van der Waals surface area (Å²) in [6.45, 7) is 3.41. The average molecular weight is 274 g/mol. The SMILES string of the molecule is CCNC(CCOc1ccccc1)c1cncc(F)c1. The summed E-state index contributed by atoms with van der Waals surface area (Å²) in [6, 6.07) is 11.2. The Labute approximate surface area is 118 Å². The van der Waals surface area contributed by atoms with Crippen LogP contribution in [-0.2, 0) is 0 Å². The summed E-state index contributed by atoms with van der Waals surface area (Å²) in [6.07, 6.45) is 3.67. The van der Waals surface area contributed by atoms with Crippen molar-refractivity contribution in [1.82, 2.24) is 10.3 Å². The van der Waals surface area contributed by atoms with E-state index in [0.717, 1.165) is 24.3 Å². The molecule has 106 valence electrons. The van der Waals surface area contributed by atoms with Crippen molar-refractivity contribution in [3.05, 3.63) is 60.2 Å². The molecule has 0 aliphatic carbocycles. The Kier molecular flexibility index (Phi) is 5.50. The molecule has 1 atom stereocenters. The number of hydrogen-bond acceptors (Lipinski definition) is 3. The maximum absolute atomic E-state index is 13.2. The smallest absolute Gasteiger partial charge is 0.141 e. The van der Waals surface area contributed by atoms with E-state index < -0.39 is 0 Å². The maximum Gasteiger partial charge on any atom is 0.141 e. The molecule has 0 aliphatic heterocycles. The van der Waals surface area contributed by atoms with Gasteiger partial charge in [-0.1, -0.05) is 25.1 Å². The second kappa shape index (κ2) is 7.60. The van der Waals surface area contributed by atoms with Crippen molar-refractivity contribution in [3.63, 3.8) is 0 Å². The summed E-state index contributed by atoms with van der Waals surface area (Å²) < 4.78 is 18.9. The molecule has 1 aromatic heterocycles. The highest BCUT2D eigenvalue weighted by Crippen LogP contribution is 2.18. The number of nitrogens with one attached hydrogen (secondary N) is 1. The van der Waals surface area contributed by atoms with Gasteiger partial charge in [-0.3, -0.25) is 4.98 Å². The summed E-state index contributed by atoms with van der Waals surface area (Å²) in [4.78, 5) is 3.90. The largest absolute Gasteiger partial charge is 0.494 e. The van der Waals surface area contributed by atoms with Gasteiger partial charge in [0, 0.05) is 18.7 Å². The van der Waals surface area contributed by atoms with Gasteiger partial charge in [0.2, 0.25) is 0 Å². The van der Waals surface area contributed by atoms with Crippen LogP contribution in [0.5, 0.6) is 5.75 Å². The van der Waals surface area contributed by atoms with Crippen molar-refractivity contribution >= 4 is 0 Å². The number of nitrogens with zero attached hydrogens (tertiary/aromatic N) is 1. The first-order valence-electron chi connectivity index (χ1n) is 6.81. The molecule has 1 aromatic carbocycles. The lowest BCUT2D eigenvalue weighted by atomic mass is 10.1. The van der Waals surface area contributed by atoms with Gasteiger partial charge in [-0.15, -0.1) is 0 Å². The normalized spacial score (nSPS) is 12.1. The van der Waals surface area contributed by atoms with Gasteiger partial charge in [0.05, 0.1) is 12.8 Å². The highest BCUT2D eigenvalue weighted by Gasteiger charge is 2.11. The molecule has 1 N–H and O–H groups in total. The van der Waals surface area contributed by atoms with Gasteiger partial charge in [-0.2, -0.15) is 0 Å². The summed E-state index contributed by atoms with van der Waals surface area (Å²) in [7, 11) is 0. The molecule has 0 fully saturated rings. The Morgan fingerprint density at radius 3 is 2.75 bits per heavy atom. The van der Waals surface area contributed by atoms with Crippen molar-refractivity contribution in [3.8, 4) is 5.75 Å². The number of benzene rings is 1. The molecule has 0 saturated heterocycles. The Morgan fingerprint density at radius 1 is 1.25 bits per heavy atom. The van der Waals surface area contributed by atoms with Crippen LogP contribution in [0.25, 0.3) is 0 Å². The van der Waals surface area contributed by atoms with Crippen molar-refractivity contribution in [2.24, 2.45) is 0 Å². The Morgan fingerprint density at radius 2 is 2.05 bits per heavy atom. The number of pyridine rings is 1. The predicted molar refractivity (Wildman–Crippen MR) is 77.2 cm³/mol. The number of rotatable bonds is 7. The lowest BCUT2D eigenvalue weighted by Crippen LogP contribution is -2.23. The monoisotopic (exact) mass is 274 g/mol. The van der Waals surface area contributed by atoms with E-state index in [1.54, 1.807) is 6.20 Å². The topological polar surface area (TPSA) is 34.1 Å². The molecule has 4 heteroatoms. The molecule has 1 unspecified atom stereocenters. The van der Waals surface area contributed by atoms with Gasteiger partial charge >= 0.3 is 0 Å². The van der Waals surface area contributed by atoms with Crippen LogP contribution < -0.4 is 10.1 Å². The van der Waals surface area contributed by atoms with Gasteiger partial charge in [0.1, 0.15) is 11.6 Å². The van der Waals surface area contributed by atoms with E-state index in [0.29, 0.717) is 6.61 Å². The van der Waals surface area contributed by atoms with Gasteiger partial charge in [-0.05, 0) is 30.3 Å². The number of aromatic nitrogens is 1. The number of hydrogen-bond donors (Lipinski definition) is 1. The fourth-order valence-corrected chi connectivity index (χ4v) is 2.06. The summed E-state index contributed by atoms with van der Waals surface area (Å²) in [5.74, 6) is 0.537. The van der Waals surface area contributed by atoms with Crippen LogP contribution in [0.15, 0.2) is 48.8 Å². The zero-order chi connectivity index (χ0) is 14.2. The minimum Gasteiger partial charge on any atom is -0.494 e. The Hall–Kier alpha value is -1.94. The lowest BCUT2D eigenvalue weighted by molar-refractivity contribution is 0.287. The van der Waals surface area contributed by atoms with E-state index in [2.05, 4.69) is 10.3 Å². The Balaban J connectivity index is 1.92. The zero-order valence-corrected chi connectivity index (χ0v) is 11.6. The van der Waals surface area contributed by atoms with E-state index in [9.17, 15) is 4.39 Å². The van der Waals surface area contributed by atoms with Gasteiger partial charge in [0.25, 0.3) is 0 Å². The minimum atomic E-state index is -0.311. The average Bonchev–Trinajstić information content (AvgIpc) is 2.47. The fourth-order valence-electron chi connectivity index (χ4n) is 2.06. The predicted octanol–water partition coefficient (Wildman–Crippen LogP) is 3.34. The van der Waals surface area contributed by atoms with Crippen LogP contribution >= 0.6 is 0 Å². The summed E-state index contributed by atoms with van der Waals surface area (Å²) in [5.41, 5.74) is 0.850. The third-order valence-electron chi connectivity index (χ3n) is 3.00. The third kappa shape index (κ3) is 4.31. The second-order valence-electron chi connectivity index (χ2n) is 4.50. The fraction of sp³-hybridized carbons (Fsp3) is 0.312. The Bertz CT molecular complexity index is 519. The molecule has 2 rings (SSSR count). The molecule has 0 amide bonds. The molecule has 20 heavy (non-hydrogen) atoms. The number of halogens is 1. The molecule has 0 aliphatic rings. The van der Waals surface area contributed by atoms with E-state index in [4.69, 9.17) is 4.74 Å². The highest BCUT2D eigenvalue weighted by atomic mass is 19.1. The van der Waals surface area contributed by atoms with Crippen molar-refractivity contribution in [2.45, 2.75) is 19.4 Å². The molecule has 3 nitrogen and oxygen atoms in total. The quantitative estimate of drug-likeness (QED) is 0.841. The van der Waals surface area contributed by atoms with Crippen LogP contribution in [-0.4, -0.2) is 18.1 Å².